The SMILES string of the molecule is O=C(NC(c1ccccc1)c1ccccn1)c1ccc(SCc2cn3ccccc3n2)cc1. The normalized spacial score (nSPS) is 11.9. The average molecular weight is 451 g/mol. The van der Waals surface area contributed by atoms with Gasteiger partial charge in [-0.3, -0.25) is 9.78 Å². The fraction of sp³-hybridized carbons (Fsp3) is 0.0741. The van der Waals surface area contributed by atoms with Crippen molar-refractivity contribution in [3.63, 3.8) is 0 Å². The molecule has 0 aliphatic heterocycles. The number of rotatable bonds is 7. The van der Waals surface area contributed by atoms with Crippen molar-refractivity contribution in [3.05, 3.63) is 132 Å². The van der Waals surface area contributed by atoms with E-state index in [1.807, 2.05) is 108 Å². The molecule has 162 valence electrons. The van der Waals surface area contributed by atoms with Gasteiger partial charge in [-0.2, -0.15) is 0 Å². The van der Waals surface area contributed by atoms with E-state index in [1.165, 1.54) is 0 Å². The molecule has 1 amide bonds. The molecule has 1 unspecified atom stereocenters. The number of pyridine rings is 2. The van der Waals surface area contributed by atoms with E-state index in [9.17, 15) is 4.79 Å². The summed E-state index contributed by atoms with van der Waals surface area (Å²) in [6, 6.07) is 29.0. The van der Waals surface area contributed by atoms with E-state index in [-0.39, 0.29) is 11.9 Å². The van der Waals surface area contributed by atoms with Gasteiger partial charge < -0.3 is 9.72 Å². The molecule has 0 saturated heterocycles. The summed E-state index contributed by atoms with van der Waals surface area (Å²) in [6.45, 7) is 0. The second-order valence-electron chi connectivity index (χ2n) is 7.58. The average Bonchev–Trinajstić information content (AvgIpc) is 3.30. The summed E-state index contributed by atoms with van der Waals surface area (Å²) in [7, 11) is 0. The van der Waals surface area contributed by atoms with E-state index in [1.54, 1.807) is 18.0 Å². The molecule has 0 spiro atoms. The summed E-state index contributed by atoms with van der Waals surface area (Å²) in [6.07, 6.45) is 5.79. The Hall–Kier alpha value is -3.90. The molecular formula is C27H22N4OS. The number of hydrogen-bond donors (Lipinski definition) is 1. The standard InChI is InChI=1S/C27H22N4OS/c32-27(30-26(20-8-2-1-3-9-20)24-10-4-6-16-28-24)21-12-14-23(15-13-21)33-19-22-18-31-17-7-5-11-25(31)29-22/h1-18,26H,19H2,(H,30,32). The van der Waals surface area contributed by atoms with Crippen molar-refractivity contribution in [2.24, 2.45) is 0 Å². The lowest BCUT2D eigenvalue weighted by atomic mass is 10.0. The van der Waals surface area contributed by atoms with Crippen LogP contribution in [0.1, 0.15) is 33.4 Å². The Morgan fingerprint density at radius 2 is 1.70 bits per heavy atom. The molecule has 0 bridgehead atoms. The number of nitrogens with zero attached hydrogens (tertiary/aromatic N) is 3. The zero-order chi connectivity index (χ0) is 22.5. The van der Waals surface area contributed by atoms with Crippen LogP contribution in [0.2, 0.25) is 0 Å². The highest BCUT2D eigenvalue weighted by Gasteiger charge is 2.18. The van der Waals surface area contributed by atoms with Gasteiger partial charge in [-0.05, 0) is 54.1 Å². The maximum atomic E-state index is 13.0. The highest BCUT2D eigenvalue weighted by atomic mass is 32.2. The van der Waals surface area contributed by atoms with E-state index in [2.05, 4.69) is 15.3 Å². The first-order chi connectivity index (χ1) is 16.3. The van der Waals surface area contributed by atoms with E-state index >= 15 is 0 Å². The number of nitrogens with one attached hydrogen (secondary N) is 1. The van der Waals surface area contributed by atoms with Gasteiger partial charge in [-0.15, -0.1) is 11.8 Å². The fourth-order valence-electron chi connectivity index (χ4n) is 3.65. The van der Waals surface area contributed by atoms with Crippen LogP contribution < -0.4 is 5.32 Å². The third-order valence-electron chi connectivity index (χ3n) is 5.31. The van der Waals surface area contributed by atoms with Crippen LogP contribution in [-0.4, -0.2) is 20.3 Å². The highest BCUT2D eigenvalue weighted by Crippen LogP contribution is 2.24. The van der Waals surface area contributed by atoms with Crippen LogP contribution in [0.3, 0.4) is 0 Å². The largest absolute Gasteiger partial charge is 0.340 e. The van der Waals surface area contributed by atoms with Gasteiger partial charge in [0.25, 0.3) is 5.91 Å². The van der Waals surface area contributed by atoms with Crippen molar-refractivity contribution in [1.82, 2.24) is 19.7 Å². The van der Waals surface area contributed by atoms with Crippen LogP contribution in [0.4, 0.5) is 0 Å². The first-order valence-electron chi connectivity index (χ1n) is 10.7. The molecule has 3 aromatic heterocycles. The molecule has 0 radical (unpaired) electrons. The van der Waals surface area contributed by atoms with Gasteiger partial charge in [0.1, 0.15) is 5.65 Å². The quantitative estimate of drug-likeness (QED) is 0.331. The molecule has 3 heterocycles. The number of fused-ring (bicyclic) bond motifs is 1. The third-order valence-corrected chi connectivity index (χ3v) is 6.35. The van der Waals surface area contributed by atoms with Crippen LogP contribution in [0.25, 0.3) is 5.65 Å². The second kappa shape index (κ2) is 9.71. The van der Waals surface area contributed by atoms with Gasteiger partial charge in [0.15, 0.2) is 0 Å². The molecule has 2 aromatic carbocycles. The number of benzene rings is 2. The Balaban J connectivity index is 1.27. The summed E-state index contributed by atoms with van der Waals surface area (Å²) in [4.78, 5) is 23.2. The monoisotopic (exact) mass is 450 g/mol. The lowest BCUT2D eigenvalue weighted by Crippen LogP contribution is -2.29. The van der Waals surface area contributed by atoms with E-state index in [4.69, 9.17) is 0 Å². The summed E-state index contributed by atoms with van der Waals surface area (Å²) in [5.41, 5.74) is 4.37. The first kappa shape index (κ1) is 21.0. The number of carbonyl (C=O) groups excluding carboxylic acids is 1. The van der Waals surface area contributed by atoms with Crippen molar-refractivity contribution < 1.29 is 4.79 Å². The van der Waals surface area contributed by atoms with Crippen LogP contribution >= 0.6 is 11.8 Å². The maximum absolute atomic E-state index is 13.0. The Labute approximate surface area is 196 Å². The third kappa shape index (κ3) is 4.96. The number of carbonyl (C=O) groups is 1. The van der Waals surface area contributed by atoms with Crippen LogP contribution in [0.15, 0.2) is 114 Å². The molecule has 33 heavy (non-hydrogen) atoms. The minimum atomic E-state index is -0.316. The van der Waals surface area contributed by atoms with Crippen molar-refractivity contribution >= 4 is 23.3 Å². The molecule has 5 nitrogen and oxygen atoms in total. The molecular weight excluding hydrogens is 428 g/mol. The van der Waals surface area contributed by atoms with Crippen molar-refractivity contribution in [1.29, 1.82) is 0 Å². The molecule has 6 heteroatoms. The van der Waals surface area contributed by atoms with Gasteiger partial charge >= 0.3 is 0 Å². The van der Waals surface area contributed by atoms with Crippen LogP contribution in [0.5, 0.6) is 0 Å². The van der Waals surface area contributed by atoms with E-state index in [0.29, 0.717) is 5.56 Å². The second-order valence-corrected chi connectivity index (χ2v) is 8.63. The molecule has 0 aliphatic carbocycles. The smallest absolute Gasteiger partial charge is 0.252 e. The lowest BCUT2D eigenvalue weighted by molar-refractivity contribution is 0.0942. The molecule has 1 atom stereocenters. The summed E-state index contributed by atoms with van der Waals surface area (Å²) in [5.74, 6) is 0.634. The van der Waals surface area contributed by atoms with Gasteiger partial charge in [0, 0.05) is 34.8 Å². The van der Waals surface area contributed by atoms with Crippen molar-refractivity contribution in [3.8, 4) is 0 Å². The lowest BCUT2D eigenvalue weighted by Gasteiger charge is -2.19. The molecule has 1 N–H and O–H groups in total. The summed E-state index contributed by atoms with van der Waals surface area (Å²) < 4.78 is 2.02. The Morgan fingerprint density at radius 3 is 2.45 bits per heavy atom. The zero-order valence-electron chi connectivity index (χ0n) is 17.8. The fourth-order valence-corrected chi connectivity index (χ4v) is 4.43. The maximum Gasteiger partial charge on any atom is 0.252 e. The number of aromatic nitrogens is 3. The molecule has 5 rings (SSSR count). The minimum Gasteiger partial charge on any atom is -0.340 e. The molecule has 5 aromatic rings. The Morgan fingerprint density at radius 1 is 0.909 bits per heavy atom. The molecule has 0 aliphatic rings. The van der Waals surface area contributed by atoms with Crippen LogP contribution in [-0.2, 0) is 5.75 Å². The number of thioether (sulfide) groups is 1. The first-order valence-corrected chi connectivity index (χ1v) is 11.7. The number of hydrogen-bond acceptors (Lipinski definition) is 4. The summed E-state index contributed by atoms with van der Waals surface area (Å²) in [5, 5.41) is 3.14. The van der Waals surface area contributed by atoms with Crippen LogP contribution in [0, 0.1) is 0 Å². The van der Waals surface area contributed by atoms with Crippen molar-refractivity contribution in [2.45, 2.75) is 16.7 Å². The molecule has 0 saturated carbocycles. The van der Waals surface area contributed by atoms with Gasteiger partial charge in [-0.1, -0.05) is 42.5 Å². The van der Waals surface area contributed by atoms with E-state index in [0.717, 1.165) is 33.2 Å². The highest BCUT2D eigenvalue weighted by molar-refractivity contribution is 7.98. The molecule has 0 fully saturated rings. The Bertz CT molecular complexity index is 1280. The van der Waals surface area contributed by atoms with Gasteiger partial charge in [0.05, 0.1) is 17.4 Å². The summed E-state index contributed by atoms with van der Waals surface area (Å²) >= 11 is 1.70. The number of amides is 1. The van der Waals surface area contributed by atoms with Crippen molar-refractivity contribution in [2.75, 3.05) is 0 Å². The topological polar surface area (TPSA) is 59.3 Å². The van der Waals surface area contributed by atoms with Gasteiger partial charge in [-0.25, -0.2) is 4.98 Å². The Kier molecular flexibility index (Phi) is 6.17. The predicted octanol–water partition coefficient (Wildman–Crippen LogP) is 5.54. The minimum absolute atomic E-state index is 0.133. The zero-order valence-corrected chi connectivity index (χ0v) is 18.7. The van der Waals surface area contributed by atoms with Gasteiger partial charge in [0.2, 0.25) is 0 Å². The predicted molar refractivity (Wildman–Crippen MR) is 131 cm³/mol. The number of imidazole rings is 1. The van der Waals surface area contributed by atoms with E-state index < -0.39 is 0 Å².